The second kappa shape index (κ2) is 6.04. The maximum Gasteiger partial charge on any atom is 0.324 e. The molecule has 2 N–H and O–H groups in total. The molecule has 0 spiro atoms. The fourth-order valence-corrected chi connectivity index (χ4v) is 4.16. The molecule has 0 aromatic heterocycles. The Morgan fingerprint density at radius 3 is 2.71 bits per heavy atom. The second-order valence-corrected chi connectivity index (χ2v) is 6.74. The smallest absolute Gasteiger partial charge is 0.315 e. The van der Waals surface area contributed by atoms with Crippen molar-refractivity contribution < 1.29 is 17.7 Å². The molecule has 1 saturated heterocycles. The lowest BCUT2D eigenvalue weighted by Gasteiger charge is -2.25. The van der Waals surface area contributed by atoms with Gasteiger partial charge in [-0.15, -0.1) is 0 Å². The summed E-state index contributed by atoms with van der Waals surface area (Å²) in [5.74, 6) is -1.18. The van der Waals surface area contributed by atoms with E-state index in [0.717, 1.165) is 35.3 Å². The number of benzene rings is 1. The van der Waals surface area contributed by atoms with Gasteiger partial charge in [0.15, 0.2) is 4.90 Å². The minimum atomic E-state index is -4.21. The number of nitro benzene ring substituents is 1. The highest BCUT2D eigenvalue weighted by Crippen LogP contribution is 2.31. The molecule has 1 aliphatic heterocycles. The summed E-state index contributed by atoms with van der Waals surface area (Å²) < 4.78 is 39.9. The molecule has 0 aliphatic carbocycles. The van der Waals surface area contributed by atoms with Gasteiger partial charge in [-0.05, 0) is 25.0 Å². The zero-order chi connectivity index (χ0) is 15.6. The summed E-state index contributed by atoms with van der Waals surface area (Å²) in [6, 6.07) is 3.03. The molecule has 1 atom stereocenters. The molecule has 7 nitrogen and oxygen atoms in total. The third-order valence-corrected chi connectivity index (χ3v) is 5.42. The predicted octanol–water partition coefficient (Wildman–Crippen LogP) is 1.58. The van der Waals surface area contributed by atoms with Gasteiger partial charge in [0.05, 0.1) is 11.1 Å². The number of halogens is 1. The van der Waals surface area contributed by atoms with Gasteiger partial charge >= 0.3 is 5.69 Å². The first-order valence-electron chi connectivity index (χ1n) is 6.56. The Morgan fingerprint density at radius 1 is 1.33 bits per heavy atom. The van der Waals surface area contributed by atoms with Crippen LogP contribution in [0.1, 0.15) is 25.7 Å². The minimum absolute atomic E-state index is 0.178. The summed E-state index contributed by atoms with van der Waals surface area (Å²) in [5.41, 5.74) is 4.82. The lowest BCUT2D eigenvalue weighted by Crippen LogP contribution is -2.45. The summed E-state index contributed by atoms with van der Waals surface area (Å²) in [5, 5.41) is 11.0. The van der Waals surface area contributed by atoms with Crippen molar-refractivity contribution >= 4 is 15.7 Å². The predicted molar refractivity (Wildman–Crippen MR) is 73.4 cm³/mol. The van der Waals surface area contributed by atoms with E-state index < -0.39 is 37.5 Å². The van der Waals surface area contributed by atoms with Gasteiger partial charge in [0.25, 0.3) is 10.0 Å². The van der Waals surface area contributed by atoms with Gasteiger partial charge in [0, 0.05) is 6.54 Å². The van der Waals surface area contributed by atoms with Crippen LogP contribution in [0.5, 0.6) is 0 Å². The van der Waals surface area contributed by atoms with Gasteiger partial charge in [-0.2, -0.15) is 8.70 Å². The molecule has 0 amide bonds. The number of nitro groups is 1. The molecule has 1 fully saturated rings. The monoisotopic (exact) mass is 317 g/mol. The quantitative estimate of drug-likeness (QED) is 0.673. The minimum Gasteiger partial charge on any atom is -0.315 e. The van der Waals surface area contributed by atoms with Crippen LogP contribution in [-0.2, 0) is 10.0 Å². The van der Waals surface area contributed by atoms with Crippen molar-refractivity contribution in [3.8, 4) is 0 Å². The van der Waals surface area contributed by atoms with Gasteiger partial charge in [-0.3, -0.25) is 10.1 Å². The topological polar surface area (TPSA) is 107 Å². The fraction of sp³-hybridized carbons (Fsp3) is 0.500. The summed E-state index contributed by atoms with van der Waals surface area (Å²) in [6.07, 6.45) is 1.97. The van der Waals surface area contributed by atoms with Crippen LogP contribution in [0.15, 0.2) is 23.1 Å². The van der Waals surface area contributed by atoms with Gasteiger partial charge in [0.1, 0.15) is 0 Å². The van der Waals surface area contributed by atoms with Gasteiger partial charge in [-0.25, -0.2) is 8.42 Å². The number of hydrogen-bond donors (Lipinski definition) is 1. The zero-order valence-corrected chi connectivity index (χ0v) is 12.1. The van der Waals surface area contributed by atoms with Crippen molar-refractivity contribution in [2.75, 3.05) is 6.54 Å². The van der Waals surface area contributed by atoms with E-state index in [9.17, 15) is 22.9 Å². The zero-order valence-electron chi connectivity index (χ0n) is 11.2. The number of nitrogens with two attached hydrogens (primary N) is 1. The molecule has 1 aliphatic rings. The Balaban J connectivity index is 2.53. The number of sulfonamides is 1. The van der Waals surface area contributed by atoms with E-state index in [1.54, 1.807) is 0 Å². The van der Waals surface area contributed by atoms with Crippen LogP contribution in [0, 0.1) is 15.9 Å². The molecule has 0 bridgehead atoms. The largest absolute Gasteiger partial charge is 0.324 e. The van der Waals surface area contributed by atoms with Crippen molar-refractivity contribution in [3.63, 3.8) is 0 Å². The maximum absolute atomic E-state index is 13.6. The SMILES string of the molecule is NC1CCCCCN1S(=O)(=O)c1cccc(F)c1[N+](=O)[O-]. The number of hydrogen-bond acceptors (Lipinski definition) is 5. The standard InChI is InChI=1S/C12H16FN3O4S/c13-9-5-4-6-10(12(9)16(17)18)21(19,20)15-8-3-1-2-7-11(15)14/h4-6,11H,1-3,7-8,14H2. The average molecular weight is 317 g/mol. The summed E-state index contributed by atoms with van der Waals surface area (Å²) in [6.45, 7) is 0.178. The van der Waals surface area contributed by atoms with E-state index in [1.165, 1.54) is 0 Å². The Hall–Kier alpha value is -1.58. The van der Waals surface area contributed by atoms with Crippen LogP contribution >= 0.6 is 0 Å². The van der Waals surface area contributed by atoms with Crippen LogP contribution < -0.4 is 5.73 Å². The molecule has 0 saturated carbocycles. The third kappa shape index (κ3) is 3.04. The molecule has 116 valence electrons. The third-order valence-electron chi connectivity index (χ3n) is 3.47. The van der Waals surface area contributed by atoms with Crippen molar-refractivity contribution in [2.24, 2.45) is 5.73 Å². The van der Waals surface area contributed by atoms with Crippen LogP contribution in [0.2, 0.25) is 0 Å². The van der Waals surface area contributed by atoms with Gasteiger partial charge in [-0.1, -0.05) is 18.9 Å². The van der Waals surface area contributed by atoms with E-state index in [0.29, 0.717) is 12.8 Å². The van der Waals surface area contributed by atoms with Crippen LogP contribution in [0.3, 0.4) is 0 Å². The van der Waals surface area contributed by atoms with Crippen LogP contribution in [-0.4, -0.2) is 30.4 Å². The molecular weight excluding hydrogens is 301 g/mol. The van der Waals surface area contributed by atoms with E-state index in [-0.39, 0.29) is 6.54 Å². The Bertz CT molecular complexity index is 650. The molecule has 21 heavy (non-hydrogen) atoms. The molecule has 0 radical (unpaired) electrons. The van der Waals surface area contributed by atoms with Crippen molar-refractivity contribution in [2.45, 2.75) is 36.7 Å². The Morgan fingerprint density at radius 2 is 2.05 bits per heavy atom. The summed E-state index contributed by atoms with van der Waals surface area (Å²) >= 11 is 0. The molecule has 1 heterocycles. The normalized spacial score (nSPS) is 21.0. The molecule has 2 rings (SSSR count). The summed E-state index contributed by atoms with van der Waals surface area (Å²) in [7, 11) is -4.21. The first-order valence-corrected chi connectivity index (χ1v) is 8.00. The first-order chi connectivity index (χ1) is 9.85. The van der Waals surface area contributed by atoms with Crippen LogP contribution in [0.4, 0.5) is 10.1 Å². The molecule has 9 heteroatoms. The van der Waals surface area contributed by atoms with Crippen molar-refractivity contribution in [1.29, 1.82) is 0 Å². The second-order valence-electron chi connectivity index (χ2n) is 4.88. The molecule has 1 aromatic carbocycles. The highest BCUT2D eigenvalue weighted by atomic mass is 32.2. The van der Waals surface area contributed by atoms with Gasteiger partial charge in [0.2, 0.25) is 5.82 Å². The lowest BCUT2D eigenvalue weighted by molar-refractivity contribution is -0.390. The maximum atomic E-state index is 13.6. The molecule has 1 unspecified atom stereocenters. The highest BCUT2D eigenvalue weighted by molar-refractivity contribution is 7.89. The highest BCUT2D eigenvalue weighted by Gasteiger charge is 2.36. The molecule has 1 aromatic rings. The summed E-state index contributed by atoms with van der Waals surface area (Å²) in [4.78, 5) is 9.30. The van der Waals surface area contributed by atoms with E-state index in [2.05, 4.69) is 0 Å². The Kier molecular flexibility index (Phi) is 4.55. The van der Waals surface area contributed by atoms with Crippen LogP contribution in [0.25, 0.3) is 0 Å². The van der Waals surface area contributed by atoms with Gasteiger partial charge < -0.3 is 5.73 Å². The van der Waals surface area contributed by atoms with Crippen molar-refractivity contribution in [3.05, 3.63) is 34.1 Å². The number of rotatable bonds is 3. The first kappa shape index (κ1) is 15.8. The number of nitrogens with zero attached hydrogens (tertiary/aromatic N) is 2. The van der Waals surface area contributed by atoms with E-state index >= 15 is 0 Å². The van der Waals surface area contributed by atoms with Crippen molar-refractivity contribution in [1.82, 2.24) is 4.31 Å². The molecular formula is C12H16FN3O4S. The average Bonchev–Trinajstić information content (AvgIpc) is 2.63. The lowest BCUT2D eigenvalue weighted by atomic mass is 10.2. The van der Waals surface area contributed by atoms with E-state index in [4.69, 9.17) is 5.73 Å². The fourth-order valence-electron chi connectivity index (χ4n) is 2.41. The van der Waals surface area contributed by atoms with E-state index in [1.807, 2.05) is 0 Å². The Labute approximate surface area is 121 Å². The number of para-hydroxylation sites is 1.